The van der Waals surface area contributed by atoms with Gasteiger partial charge in [-0.05, 0) is 67.3 Å². The van der Waals surface area contributed by atoms with Crippen LogP contribution in [-0.2, 0) is 11.2 Å². The molecule has 2 aromatic heterocycles. The first-order chi connectivity index (χ1) is 17.8. The zero-order chi connectivity index (χ0) is 26.3. The molecule has 0 fully saturated rings. The van der Waals surface area contributed by atoms with Gasteiger partial charge in [0.05, 0.1) is 12.2 Å². The molecule has 0 unspecified atom stereocenters. The quantitative estimate of drug-likeness (QED) is 0.279. The topological polar surface area (TPSA) is 102 Å². The highest BCUT2D eigenvalue weighted by Crippen LogP contribution is 2.30. The van der Waals surface area contributed by atoms with Crippen LogP contribution in [0.15, 0.2) is 73.4 Å². The molecular weight excluding hydrogens is 466 g/mol. The fraction of sp³-hybridized carbons (Fsp3) is 0.241. The molecule has 1 amide bonds. The van der Waals surface area contributed by atoms with E-state index in [0.29, 0.717) is 37.0 Å². The summed E-state index contributed by atoms with van der Waals surface area (Å²) >= 11 is 0. The van der Waals surface area contributed by atoms with Gasteiger partial charge in [-0.3, -0.25) is 9.89 Å². The second kappa shape index (κ2) is 11.6. The van der Waals surface area contributed by atoms with Crippen LogP contribution in [0.25, 0.3) is 17.2 Å². The molecule has 4 aromatic rings. The SMILES string of the molecule is C=Cc1ccc(OCCOC(C)(C)C)cc1-c1ccnc(NC(=O)c2n[nH]c(Cc3ccccc3)n2)c1. The van der Waals surface area contributed by atoms with E-state index in [1.54, 1.807) is 18.3 Å². The molecule has 0 spiro atoms. The maximum atomic E-state index is 12.8. The van der Waals surface area contributed by atoms with Crippen LogP contribution in [0.5, 0.6) is 5.75 Å². The van der Waals surface area contributed by atoms with Crippen molar-refractivity contribution in [3.8, 4) is 16.9 Å². The molecule has 2 heterocycles. The monoisotopic (exact) mass is 497 g/mol. The van der Waals surface area contributed by atoms with Gasteiger partial charge < -0.3 is 14.8 Å². The number of carbonyl (C=O) groups is 1. The van der Waals surface area contributed by atoms with Crippen LogP contribution in [0.3, 0.4) is 0 Å². The maximum Gasteiger partial charge on any atom is 0.296 e. The second-order valence-corrected chi connectivity index (χ2v) is 9.41. The van der Waals surface area contributed by atoms with E-state index in [2.05, 4.69) is 32.1 Å². The molecular formula is C29H31N5O3. The maximum absolute atomic E-state index is 12.8. The van der Waals surface area contributed by atoms with Crippen LogP contribution >= 0.6 is 0 Å². The molecule has 0 aliphatic rings. The van der Waals surface area contributed by atoms with Gasteiger partial charge >= 0.3 is 0 Å². The molecule has 0 saturated heterocycles. The average molecular weight is 498 g/mol. The predicted molar refractivity (Wildman–Crippen MR) is 145 cm³/mol. The van der Waals surface area contributed by atoms with Gasteiger partial charge in [-0.1, -0.05) is 49.1 Å². The minimum atomic E-state index is -0.444. The minimum Gasteiger partial charge on any atom is -0.491 e. The smallest absolute Gasteiger partial charge is 0.296 e. The third-order valence-electron chi connectivity index (χ3n) is 5.39. The molecule has 8 heteroatoms. The molecule has 190 valence electrons. The van der Waals surface area contributed by atoms with Crippen LogP contribution in [0.1, 0.15) is 48.3 Å². The van der Waals surface area contributed by atoms with Gasteiger partial charge in [0.2, 0.25) is 5.82 Å². The third-order valence-corrected chi connectivity index (χ3v) is 5.39. The largest absolute Gasteiger partial charge is 0.491 e. The summed E-state index contributed by atoms with van der Waals surface area (Å²) in [6, 6.07) is 19.3. The molecule has 37 heavy (non-hydrogen) atoms. The Labute approximate surface area is 216 Å². The lowest BCUT2D eigenvalue weighted by Crippen LogP contribution is -2.22. The number of benzene rings is 2. The number of pyridine rings is 1. The Hall–Kier alpha value is -4.30. The summed E-state index contributed by atoms with van der Waals surface area (Å²) in [4.78, 5) is 21.4. The number of amides is 1. The van der Waals surface area contributed by atoms with E-state index in [0.717, 1.165) is 22.3 Å². The lowest BCUT2D eigenvalue weighted by atomic mass is 10.00. The summed E-state index contributed by atoms with van der Waals surface area (Å²) in [5.74, 6) is 1.32. The van der Waals surface area contributed by atoms with Gasteiger partial charge in [0.25, 0.3) is 5.91 Å². The standard InChI is InChI=1S/C29H31N5O3/c1-5-21-11-12-23(36-15-16-37-29(2,3)4)19-24(21)22-13-14-30-25(18-22)32-28(35)27-31-26(33-34-27)17-20-9-7-6-8-10-20/h5-14,18-19H,1,15-17H2,2-4H3,(H,30,32,35)(H,31,33,34). The summed E-state index contributed by atoms with van der Waals surface area (Å²) < 4.78 is 11.6. The Morgan fingerprint density at radius 3 is 2.65 bits per heavy atom. The van der Waals surface area contributed by atoms with Gasteiger partial charge in [0, 0.05) is 12.6 Å². The number of carbonyl (C=O) groups excluding carboxylic acids is 1. The first-order valence-corrected chi connectivity index (χ1v) is 12.1. The normalized spacial score (nSPS) is 11.2. The molecule has 0 aliphatic carbocycles. The van der Waals surface area contributed by atoms with Crippen LogP contribution in [0.4, 0.5) is 5.82 Å². The fourth-order valence-corrected chi connectivity index (χ4v) is 3.66. The number of nitrogens with one attached hydrogen (secondary N) is 2. The second-order valence-electron chi connectivity index (χ2n) is 9.41. The summed E-state index contributed by atoms with van der Waals surface area (Å²) in [7, 11) is 0. The molecule has 0 atom stereocenters. The number of nitrogens with zero attached hydrogens (tertiary/aromatic N) is 3. The van der Waals surface area contributed by atoms with E-state index in [1.807, 2.05) is 75.4 Å². The Bertz CT molecular complexity index is 1360. The number of anilines is 1. The molecule has 0 radical (unpaired) electrons. The number of aromatic nitrogens is 4. The first kappa shape index (κ1) is 25.8. The van der Waals surface area contributed by atoms with Crippen LogP contribution in [-0.4, -0.2) is 44.9 Å². The summed E-state index contributed by atoms with van der Waals surface area (Å²) in [6.07, 6.45) is 3.98. The fourth-order valence-electron chi connectivity index (χ4n) is 3.66. The van der Waals surface area contributed by atoms with Crippen molar-refractivity contribution in [1.29, 1.82) is 0 Å². The van der Waals surface area contributed by atoms with Crippen LogP contribution < -0.4 is 10.1 Å². The average Bonchev–Trinajstić information content (AvgIpc) is 3.35. The first-order valence-electron chi connectivity index (χ1n) is 12.1. The Balaban J connectivity index is 1.45. The van der Waals surface area contributed by atoms with Gasteiger partial charge in [-0.25, -0.2) is 9.97 Å². The van der Waals surface area contributed by atoms with Crippen LogP contribution in [0.2, 0.25) is 0 Å². The molecule has 0 saturated carbocycles. The van der Waals surface area contributed by atoms with Crippen molar-refractivity contribution in [1.82, 2.24) is 20.2 Å². The van der Waals surface area contributed by atoms with E-state index in [1.165, 1.54) is 0 Å². The van der Waals surface area contributed by atoms with E-state index >= 15 is 0 Å². The van der Waals surface area contributed by atoms with Gasteiger partial charge in [-0.15, -0.1) is 5.10 Å². The highest BCUT2D eigenvalue weighted by Gasteiger charge is 2.15. The number of H-pyrrole nitrogens is 1. The van der Waals surface area contributed by atoms with Crippen molar-refractivity contribution in [2.45, 2.75) is 32.8 Å². The summed E-state index contributed by atoms with van der Waals surface area (Å²) in [5, 5.41) is 9.68. The highest BCUT2D eigenvalue weighted by atomic mass is 16.5. The van der Waals surface area contributed by atoms with Gasteiger partial charge in [0.15, 0.2) is 0 Å². The number of ether oxygens (including phenoxy) is 2. The Morgan fingerprint density at radius 1 is 1.08 bits per heavy atom. The number of aromatic amines is 1. The molecule has 2 N–H and O–H groups in total. The van der Waals surface area contributed by atoms with Crippen molar-refractivity contribution < 1.29 is 14.3 Å². The Morgan fingerprint density at radius 2 is 1.89 bits per heavy atom. The lowest BCUT2D eigenvalue weighted by Gasteiger charge is -2.19. The molecule has 0 aliphatic heterocycles. The summed E-state index contributed by atoms with van der Waals surface area (Å²) in [5.41, 5.74) is 3.56. The highest BCUT2D eigenvalue weighted by molar-refractivity contribution is 6.01. The zero-order valence-corrected chi connectivity index (χ0v) is 21.3. The number of hydrogen-bond donors (Lipinski definition) is 2. The van der Waals surface area contributed by atoms with Crippen LogP contribution in [0, 0.1) is 0 Å². The molecule has 0 bridgehead atoms. The van der Waals surface area contributed by atoms with Gasteiger partial charge in [-0.2, -0.15) is 0 Å². The number of rotatable bonds is 10. The number of hydrogen-bond acceptors (Lipinski definition) is 6. The van der Waals surface area contributed by atoms with Crippen molar-refractivity contribution in [2.24, 2.45) is 0 Å². The summed E-state index contributed by atoms with van der Waals surface area (Å²) in [6.45, 7) is 10.9. The zero-order valence-electron chi connectivity index (χ0n) is 21.3. The van der Waals surface area contributed by atoms with E-state index in [4.69, 9.17) is 9.47 Å². The van der Waals surface area contributed by atoms with E-state index < -0.39 is 5.91 Å². The molecule has 4 rings (SSSR count). The molecule has 8 nitrogen and oxygen atoms in total. The lowest BCUT2D eigenvalue weighted by molar-refractivity contribution is -0.0163. The Kier molecular flexibility index (Phi) is 8.10. The minimum absolute atomic E-state index is 0.0535. The van der Waals surface area contributed by atoms with E-state index in [9.17, 15) is 4.79 Å². The molecule has 2 aromatic carbocycles. The van der Waals surface area contributed by atoms with Crippen molar-refractivity contribution >= 4 is 17.8 Å². The van der Waals surface area contributed by atoms with Gasteiger partial charge in [0.1, 0.15) is 24.0 Å². The van der Waals surface area contributed by atoms with E-state index in [-0.39, 0.29) is 11.4 Å². The van der Waals surface area contributed by atoms with Crippen molar-refractivity contribution in [3.05, 3.63) is 96.2 Å². The predicted octanol–water partition coefficient (Wildman–Crippen LogP) is 5.55. The van der Waals surface area contributed by atoms with Crippen molar-refractivity contribution in [2.75, 3.05) is 18.5 Å². The van der Waals surface area contributed by atoms with Crippen molar-refractivity contribution in [3.63, 3.8) is 0 Å². The third kappa shape index (κ3) is 7.35.